The number of amides is 1. The fourth-order valence-electron chi connectivity index (χ4n) is 1.97. The Kier molecular flexibility index (Phi) is 6.30. The van der Waals surface area contributed by atoms with Crippen LogP contribution in [-0.2, 0) is 4.79 Å². The molecule has 0 aliphatic carbocycles. The van der Waals surface area contributed by atoms with Gasteiger partial charge in [0.25, 0.3) is 0 Å². The summed E-state index contributed by atoms with van der Waals surface area (Å²) in [6.07, 6.45) is 1.99. The molecule has 3 nitrogen and oxygen atoms in total. The number of carbonyl (C=O) groups is 1. The van der Waals surface area contributed by atoms with E-state index in [2.05, 4.69) is 5.32 Å². The van der Waals surface area contributed by atoms with E-state index in [0.717, 1.165) is 11.1 Å². The second-order valence-electron chi connectivity index (χ2n) is 5.13. The highest BCUT2D eigenvalue weighted by Crippen LogP contribution is 2.12. The van der Waals surface area contributed by atoms with Crippen molar-refractivity contribution in [1.29, 1.82) is 0 Å². The van der Waals surface area contributed by atoms with Gasteiger partial charge in [0.1, 0.15) is 0 Å². The molecule has 1 rings (SSSR count). The van der Waals surface area contributed by atoms with Crippen LogP contribution < -0.4 is 5.32 Å². The molecule has 0 aliphatic rings. The third-order valence-corrected chi connectivity index (χ3v) is 2.94. The number of aliphatic hydroxyl groups is 1. The summed E-state index contributed by atoms with van der Waals surface area (Å²) in [7, 11) is 0. The fraction of sp³-hybridized carbons (Fsp3) is 0.438. The highest BCUT2D eigenvalue weighted by molar-refractivity contribution is 5.94. The van der Waals surface area contributed by atoms with Crippen LogP contribution in [0.4, 0.5) is 0 Å². The van der Waals surface area contributed by atoms with Crippen molar-refractivity contribution in [3.05, 3.63) is 42.0 Å². The smallest absolute Gasteiger partial charge is 0.244 e. The van der Waals surface area contributed by atoms with Crippen LogP contribution in [0.15, 0.2) is 36.4 Å². The van der Waals surface area contributed by atoms with Crippen LogP contribution in [0.25, 0.3) is 5.57 Å². The molecule has 2 N–H and O–H groups in total. The Bertz CT molecular complexity index is 424. The number of rotatable bonds is 6. The van der Waals surface area contributed by atoms with Crippen LogP contribution in [0, 0.1) is 5.92 Å². The highest BCUT2D eigenvalue weighted by atomic mass is 16.3. The second-order valence-corrected chi connectivity index (χ2v) is 5.13. The maximum absolute atomic E-state index is 11.8. The van der Waals surface area contributed by atoms with Gasteiger partial charge < -0.3 is 10.4 Å². The molecule has 104 valence electrons. The van der Waals surface area contributed by atoms with Gasteiger partial charge >= 0.3 is 0 Å². The molecule has 1 amide bonds. The van der Waals surface area contributed by atoms with Crippen molar-refractivity contribution in [2.45, 2.75) is 33.3 Å². The number of benzene rings is 1. The minimum atomic E-state index is -0.325. The first-order chi connectivity index (χ1) is 8.99. The van der Waals surface area contributed by atoms with Gasteiger partial charge in [-0.3, -0.25) is 4.79 Å². The second kappa shape index (κ2) is 7.74. The zero-order chi connectivity index (χ0) is 14.3. The minimum Gasteiger partial charge on any atom is -0.393 e. The van der Waals surface area contributed by atoms with Gasteiger partial charge in [-0.1, -0.05) is 37.3 Å². The summed E-state index contributed by atoms with van der Waals surface area (Å²) >= 11 is 0. The predicted molar refractivity (Wildman–Crippen MR) is 78.6 cm³/mol. The number of aliphatic hydroxyl groups excluding tert-OH is 1. The topological polar surface area (TPSA) is 49.3 Å². The molecule has 0 radical (unpaired) electrons. The first-order valence-electron chi connectivity index (χ1n) is 6.68. The van der Waals surface area contributed by atoms with E-state index in [1.165, 1.54) is 0 Å². The standard InChI is InChI=1S/C16H23NO2/c1-12(9-14(3)18)11-17-16(19)10-13(2)15-7-5-4-6-8-15/h4-8,10,12,14,18H,9,11H2,1-3H3,(H,17,19). The molecule has 0 saturated carbocycles. The molecule has 0 heterocycles. The molecular formula is C16H23NO2. The molecule has 19 heavy (non-hydrogen) atoms. The average Bonchev–Trinajstić information content (AvgIpc) is 2.36. The number of hydrogen-bond donors (Lipinski definition) is 2. The van der Waals surface area contributed by atoms with Gasteiger partial charge in [0.05, 0.1) is 6.10 Å². The van der Waals surface area contributed by atoms with Crippen molar-refractivity contribution >= 4 is 11.5 Å². The Morgan fingerprint density at radius 3 is 2.53 bits per heavy atom. The Labute approximate surface area is 115 Å². The lowest BCUT2D eigenvalue weighted by atomic mass is 10.0. The lowest BCUT2D eigenvalue weighted by molar-refractivity contribution is -0.116. The van der Waals surface area contributed by atoms with Crippen molar-refractivity contribution in [2.75, 3.05) is 6.54 Å². The van der Waals surface area contributed by atoms with E-state index in [-0.39, 0.29) is 17.9 Å². The van der Waals surface area contributed by atoms with E-state index >= 15 is 0 Å². The maximum atomic E-state index is 11.8. The molecule has 1 aromatic rings. The van der Waals surface area contributed by atoms with E-state index in [9.17, 15) is 9.90 Å². The molecule has 2 atom stereocenters. The highest BCUT2D eigenvalue weighted by Gasteiger charge is 2.07. The first-order valence-corrected chi connectivity index (χ1v) is 6.68. The molecule has 2 unspecified atom stereocenters. The van der Waals surface area contributed by atoms with Gasteiger partial charge in [0, 0.05) is 12.6 Å². The van der Waals surface area contributed by atoms with Crippen molar-refractivity contribution in [2.24, 2.45) is 5.92 Å². The van der Waals surface area contributed by atoms with Crippen LogP contribution in [0.3, 0.4) is 0 Å². The third-order valence-electron chi connectivity index (χ3n) is 2.94. The van der Waals surface area contributed by atoms with Crippen molar-refractivity contribution in [1.82, 2.24) is 5.32 Å². The summed E-state index contributed by atoms with van der Waals surface area (Å²) in [6, 6.07) is 9.82. The Hall–Kier alpha value is -1.61. The molecule has 0 aliphatic heterocycles. The third kappa shape index (κ3) is 6.20. The summed E-state index contributed by atoms with van der Waals surface area (Å²) in [6.45, 7) is 6.29. The van der Waals surface area contributed by atoms with E-state index in [1.807, 2.05) is 44.2 Å². The first kappa shape index (κ1) is 15.4. The van der Waals surface area contributed by atoms with Gasteiger partial charge in [-0.25, -0.2) is 0 Å². The SMILES string of the molecule is CC(=CC(=O)NCC(C)CC(C)O)c1ccccc1. The molecule has 0 bridgehead atoms. The predicted octanol–water partition coefficient (Wildman–Crippen LogP) is 2.61. The summed E-state index contributed by atoms with van der Waals surface area (Å²) in [4.78, 5) is 11.8. The number of carbonyl (C=O) groups excluding carboxylic acids is 1. The Morgan fingerprint density at radius 2 is 1.95 bits per heavy atom. The van der Waals surface area contributed by atoms with E-state index in [4.69, 9.17) is 0 Å². The van der Waals surface area contributed by atoms with Gasteiger partial charge in [-0.05, 0) is 37.3 Å². The number of allylic oxidation sites excluding steroid dienone is 1. The monoisotopic (exact) mass is 261 g/mol. The van der Waals surface area contributed by atoms with Gasteiger partial charge in [-0.15, -0.1) is 0 Å². The molecular weight excluding hydrogens is 238 g/mol. The molecule has 3 heteroatoms. The number of hydrogen-bond acceptors (Lipinski definition) is 2. The maximum Gasteiger partial charge on any atom is 0.244 e. The molecule has 0 fully saturated rings. The largest absolute Gasteiger partial charge is 0.393 e. The quantitative estimate of drug-likeness (QED) is 0.773. The molecule has 0 saturated heterocycles. The van der Waals surface area contributed by atoms with Crippen LogP contribution in [0.2, 0.25) is 0 Å². The molecule has 0 spiro atoms. The lowest BCUT2D eigenvalue weighted by Gasteiger charge is -2.13. The lowest BCUT2D eigenvalue weighted by Crippen LogP contribution is -2.28. The average molecular weight is 261 g/mol. The normalized spacial score (nSPS) is 14.8. The molecule has 0 aromatic heterocycles. The van der Waals surface area contributed by atoms with E-state index in [1.54, 1.807) is 13.0 Å². The summed E-state index contributed by atoms with van der Waals surface area (Å²) in [5.74, 6) is 0.188. The van der Waals surface area contributed by atoms with Crippen LogP contribution in [-0.4, -0.2) is 23.7 Å². The van der Waals surface area contributed by atoms with Crippen molar-refractivity contribution in [3.63, 3.8) is 0 Å². The Balaban J connectivity index is 2.46. The summed E-state index contributed by atoms with van der Waals surface area (Å²) < 4.78 is 0. The summed E-state index contributed by atoms with van der Waals surface area (Å²) in [5.41, 5.74) is 2.00. The van der Waals surface area contributed by atoms with Gasteiger partial charge in [0.15, 0.2) is 0 Å². The minimum absolute atomic E-state index is 0.0844. The van der Waals surface area contributed by atoms with Crippen molar-refractivity contribution in [3.8, 4) is 0 Å². The van der Waals surface area contributed by atoms with Crippen LogP contribution in [0.1, 0.15) is 32.8 Å². The molecule has 1 aromatic carbocycles. The van der Waals surface area contributed by atoms with Crippen LogP contribution >= 0.6 is 0 Å². The number of nitrogens with one attached hydrogen (secondary N) is 1. The fourth-order valence-corrected chi connectivity index (χ4v) is 1.97. The van der Waals surface area contributed by atoms with Gasteiger partial charge in [-0.2, -0.15) is 0 Å². The van der Waals surface area contributed by atoms with E-state index in [0.29, 0.717) is 13.0 Å². The summed E-state index contributed by atoms with van der Waals surface area (Å²) in [5, 5.41) is 12.1. The zero-order valence-electron chi connectivity index (χ0n) is 11.9. The van der Waals surface area contributed by atoms with E-state index < -0.39 is 0 Å². The Morgan fingerprint density at radius 1 is 1.32 bits per heavy atom. The zero-order valence-corrected chi connectivity index (χ0v) is 11.9. The van der Waals surface area contributed by atoms with Crippen molar-refractivity contribution < 1.29 is 9.90 Å². The van der Waals surface area contributed by atoms with Crippen LogP contribution in [0.5, 0.6) is 0 Å². The van der Waals surface area contributed by atoms with Gasteiger partial charge in [0.2, 0.25) is 5.91 Å².